The summed E-state index contributed by atoms with van der Waals surface area (Å²) in [6, 6.07) is 17.3. The molecule has 4 aromatic rings. The van der Waals surface area contributed by atoms with Crippen LogP contribution in [0.5, 0.6) is 5.75 Å². The van der Waals surface area contributed by atoms with Gasteiger partial charge in [0.05, 0.1) is 23.9 Å². The van der Waals surface area contributed by atoms with Crippen LogP contribution in [-0.2, 0) is 10.0 Å². The highest BCUT2D eigenvalue weighted by Crippen LogP contribution is 2.25. The third kappa shape index (κ3) is 3.95. The number of benzene rings is 2. The molecule has 2 aromatic heterocycles. The largest absolute Gasteiger partial charge is 0.495 e. The summed E-state index contributed by atoms with van der Waals surface area (Å²) in [5.41, 5.74) is 1.92. The van der Waals surface area contributed by atoms with Crippen LogP contribution in [0.1, 0.15) is 11.1 Å². The second kappa shape index (κ2) is 8.23. The molecule has 0 aliphatic carbocycles. The van der Waals surface area contributed by atoms with Crippen molar-refractivity contribution < 1.29 is 13.2 Å². The molecule has 30 heavy (non-hydrogen) atoms. The highest BCUT2D eigenvalue weighted by atomic mass is 32.2. The van der Waals surface area contributed by atoms with E-state index in [9.17, 15) is 8.42 Å². The van der Waals surface area contributed by atoms with Gasteiger partial charge in [0.15, 0.2) is 0 Å². The molecule has 2 aromatic carbocycles. The Bertz CT molecular complexity index is 1380. The number of aromatic nitrogens is 2. The molecule has 6 nitrogen and oxygen atoms in total. The number of sulfonamides is 1. The van der Waals surface area contributed by atoms with Gasteiger partial charge in [-0.25, -0.2) is 8.42 Å². The number of ether oxygens (including phenoxy) is 1. The summed E-state index contributed by atoms with van der Waals surface area (Å²) in [7, 11) is -2.32. The lowest BCUT2D eigenvalue weighted by Crippen LogP contribution is -2.14. The maximum atomic E-state index is 13.1. The molecule has 148 valence electrons. The van der Waals surface area contributed by atoms with Gasteiger partial charge in [-0.1, -0.05) is 42.2 Å². The molecule has 0 bridgehead atoms. The van der Waals surface area contributed by atoms with E-state index in [1.807, 2.05) is 12.1 Å². The van der Waals surface area contributed by atoms with Gasteiger partial charge in [-0.15, -0.1) is 0 Å². The Balaban J connectivity index is 1.72. The summed E-state index contributed by atoms with van der Waals surface area (Å²) in [5, 5.41) is 0.747. The Morgan fingerprint density at radius 2 is 1.70 bits per heavy atom. The predicted octanol–water partition coefficient (Wildman–Crippen LogP) is 3.84. The van der Waals surface area contributed by atoms with E-state index < -0.39 is 10.0 Å². The second-order valence-corrected chi connectivity index (χ2v) is 7.96. The zero-order valence-corrected chi connectivity index (χ0v) is 16.8. The number of hydrogen-bond acceptors (Lipinski definition) is 5. The van der Waals surface area contributed by atoms with Crippen LogP contribution in [0.2, 0.25) is 0 Å². The van der Waals surface area contributed by atoms with Crippen molar-refractivity contribution in [2.24, 2.45) is 0 Å². The highest BCUT2D eigenvalue weighted by Gasteiger charge is 2.19. The molecule has 1 N–H and O–H groups in total. The average Bonchev–Trinajstić information content (AvgIpc) is 2.78. The van der Waals surface area contributed by atoms with E-state index in [-0.39, 0.29) is 4.90 Å². The van der Waals surface area contributed by atoms with Gasteiger partial charge in [-0.2, -0.15) is 0 Å². The van der Waals surface area contributed by atoms with Crippen LogP contribution in [0.25, 0.3) is 10.9 Å². The Kier molecular flexibility index (Phi) is 5.33. The second-order valence-electron chi connectivity index (χ2n) is 6.31. The molecule has 0 atom stereocenters. The summed E-state index contributed by atoms with van der Waals surface area (Å²) in [4.78, 5) is 8.40. The fourth-order valence-corrected chi connectivity index (χ4v) is 4.22. The van der Waals surface area contributed by atoms with Crippen LogP contribution in [0.3, 0.4) is 0 Å². The van der Waals surface area contributed by atoms with Crippen LogP contribution in [0.4, 0.5) is 5.69 Å². The van der Waals surface area contributed by atoms with Gasteiger partial charge in [0, 0.05) is 29.5 Å². The minimum absolute atomic E-state index is 0.109. The Labute approximate surface area is 174 Å². The van der Waals surface area contributed by atoms with Crippen molar-refractivity contribution in [2.75, 3.05) is 11.8 Å². The minimum Gasteiger partial charge on any atom is -0.495 e. The number of nitrogens with zero attached hydrogens (tertiary/aromatic N) is 2. The zero-order valence-electron chi connectivity index (χ0n) is 16.0. The highest BCUT2D eigenvalue weighted by molar-refractivity contribution is 7.93. The molecule has 0 saturated heterocycles. The average molecular weight is 415 g/mol. The van der Waals surface area contributed by atoms with Gasteiger partial charge < -0.3 is 4.74 Å². The molecule has 0 fully saturated rings. The van der Waals surface area contributed by atoms with E-state index in [2.05, 4.69) is 26.5 Å². The van der Waals surface area contributed by atoms with Gasteiger partial charge in [0.2, 0.25) is 0 Å². The summed E-state index contributed by atoms with van der Waals surface area (Å²) in [6.45, 7) is 0. The molecule has 0 aliphatic rings. The number of nitrogens with one attached hydrogen (secondary N) is 1. The number of hydrogen-bond donors (Lipinski definition) is 1. The lowest BCUT2D eigenvalue weighted by molar-refractivity contribution is 0.413. The van der Waals surface area contributed by atoms with Crippen molar-refractivity contribution >= 4 is 26.6 Å². The fraction of sp³-hybridized carbons (Fsp3) is 0.0435. The maximum absolute atomic E-state index is 13.1. The molecule has 0 radical (unpaired) electrons. The molecule has 0 aliphatic heterocycles. The van der Waals surface area contributed by atoms with Crippen LogP contribution in [-0.4, -0.2) is 25.5 Å². The van der Waals surface area contributed by atoms with Gasteiger partial charge in [0.1, 0.15) is 10.6 Å². The first-order valence-corrected chi connectivity index (χ1v) is 10.5. The Hall–Kier alpha value is -3.89. The quantitative estimate of drug-likeness (QED) is 0.512. The molecule has 4 rings (SSSR count). The van der Waals surface area contributed by atoms with Gasteiger partial charge >= 0.3 is 0 Å². The third-order valence-electron chi connectivity index (χ3n) is 4.39. The van der Waals surface area contributed by atoms with E-state index in [4.69, 9.17) is 4.74 Å². The number of anilines is 1. The molecule has 0 amide bonds. The van der Waals surface area contributed by atoms with E-state index in [0.29, 0.717) is 28.1 Å². The number of para-hydroxylation sites is 2. The number of pyridine rings is 2. The van der Waals surface area contributed by atoms with E-state index >= 15 is 0 Å². The summed E-state index contributed by atoms with van der Waals surface area (Å²) in [5.74, 6) is 6.59. The monoisotopic (exact) mass is 415 g/mol. The van der Waals surface area contributed by atoms with Crippen LogP contribution >= 0.6 is 0 Å². The number of methoxy groups -OCH3 is 1. The van der Waals surface area contributed by atoms with Crippen molar-refractivity contribution in [1.82, 2.24) is 9.97 Å². The summed E-state index contributed by atoms with van der Waals surface area (Å²) < 4.78 is 34.2. The van der Waals surface area contributed by atoms with Crippen molar-refractivity contribution in [3.63, 3.8) is 0 Å². The SMILES string of the molecule is COc1ccncc1C#Cc1ccccc1NS(=O)(=O)c1cccc2cccnc12. The van der Waals surface area contributed by atoms with Crippen molar-refractivity contribution in [3.8, 4) is 17.6 Å². The first kappa shape index (κ1) is 19.4. The lowest BCUT2D eigenvalue weighted by atomic mass is 10.1. The van der Waals surface area contributed by atoms with E-state index in [1.165, 1.54) is 6.07 Å². The van der Waals surface area contributed by atoms with Crippen LogP contribution in [0, 0.1) is 11.8 Å². The molecular formula is C23H17N3O3S. The standard InChI is InChI=1S/C23H17N3O3S/c1-29-21-13-15-24-16-19(21)12-11-17-6-2-3-9-20(17)26-30(27,28)22-10-4-7-18-8-5-14-25-23(18)22/h2-10,13-16,26H,1H3. The Morgan fingerprint density at radius 1 is 0.900 bits per heavy atom. The van der Waals surface area contributed by atoms with Gasteiger partial charge in [-0.3, -0.25) is 14.7 Å². The van der Waals surface area contributed by atoms with Gasteiger partial charge in [0.25, 0.3) is 10.0 Å². The number of rotatable bonds is 4. The third-order valence-corrected chi connectivity index (χ3v) is 5.79. The minimum atomic E-state index is -3.88. The smallest absolute Gasteiger partial charge is 0.264 e. The summed E-state index contributed by atoms with van der Waals surface area (Å²) in [6.07, 6.45) is 4.78. The first-order chi connectivity index (χ1) is 14.6. The van der Waals surface area contributed by atoms with E-state index in [1.54, 1.807) is 68.2 Å². The first-order valence-electron chi connectivity index (χ1n) is 9.04. The normalized spacial score (nSPS) is 10.8. The van der Waals surface area contributed by atoms with E-state index in [0.717, 1.165) is 5.39 Å². The van der Waals surface area contributed by atoms with Crippen molar-refractivity contribution in [1.29, 1.82) is 0 Å². The Morgan fingerprint density at radius 3 is 2.57 bits per heavy atom. The number of fused-ring (bicyclic) bond motifs is 1. The van der Waals surface area contributed by atoms with Crippen molar-refractivity contribution in [3.05, 3.63) is 90.4 Å². The lowest BCUT2D eigenvalue weighted by Gasteiger charge is -2.11. The summed E-state index contributed by atoms with van der Waals surface area (Å²) >= 11 is 0. The molecule has 0 saturated carbocycles. The molecule has 0 spiro atoms. The fourth-order valence-electron chi connectivity index (χ4n) is 2.96. The molecular weight excluding hydrogens is 398 g/mol. The predicted molar refractivity (Wildman–Crippen MR) is 116 cm³/mol. The maximum Gasteiger partial charge on any atom is 0.264 e. The van der Waals surface area contributed by atoms with Crippen LogP contribution in [0.15, 0.2) is 84.1 Å². The molecule has 7 heteroatoms. The topological polar surface area (TPSA) is 81.2 Å². The molecule has 0 unspecified atom stereocenters. The van der Waals surface area contributed by atoms with Gasteiger partial charge in [-0.05, 0) is 30.3 Å². The van der Waals surface area contributed by atoms with Crippen LogP contribution < -0.4 is 9.46 Å². The molecule has 2 heterocycles. The zero-order chi connectivity index (χ0) is 21.0. The van der Waals surface area contributed by atoms with Crippen molar-refractivity contribution in [2.45, 2.75) is 4.90 Å².